The van der Waals surface area contributed by atoms with Crippen molar-refractivity contribution >= 4 is 35.0 Å². The van der Waals surface area contributed by atoms with E-state index in [4.69, 9.17) is 28.0 Å². The summed E-state index contributed by atoms with van der Waals surface area (Å²) in [4.78, 5) is 5.37. The zero-order valence-electron chi connectivity index (χ0n) is 15.4. The van der Waals surface area contributed by atoms with Crippen molar-refractivity contribution in [3.8, 4) is 0 Å². The quantitative estimate of drug-likeness (QED) is 0.410. The van der Waals surface area contributed by atoms with Crippen LogP contribution in [0.1, 0.15) is 45.1 Å². The average Bonchev–Trinajstić information content (AvgIpc) is 3.42. The maximum absolute atomic E-state index is 9.92. The van der Waals surface area contributed by atoms with E-state index < -0.39 is 6.10 Å². The zero-order chi connectivity index (χ0) is 18.9. The minimum Gasteiger partial charge on any atom is -0.393 e. The van der Waals surface area contributed by atoms with Crippen molar-refractivity contribution in [1.29, 1.82) is 0 Å². The lowest BCUT2D eigenvalue weighted by atomic mass is 10.0. The number of nitrogens with zero attached hydrogens (tertiary/aromatic N) is 1. The third-order valence-electron chi connectivity index (χ3n) is 4.06. The van der Waals surface area contributed by atoms with E-state index in [1.807, 2.05) is 24.3 Å². The van der Waals surface area contributed by atoms with Gasteiger partial charge in [-0.25, -0.2) is 0 Å². The summed E-state index contributed by atoms with van der Waals surface area (Å²) < 4.78 is 0. The van der Waals surface area contributed by atoms with E-state index in [1.54, 1.807) is 6.07 Å². The summed E-state index contributed by atoms with van der Waals surface area (Å²) in [5.41, 5.74) is 1.79. The number of allylic oxidation sites excluding steroid dienone is 1. The van der Waals surface area contributed by atoms with Crippen molar-refractivity contribution in [2.45, 2.75) is 51.7 Å². The van der Waals surface area contributed by atoms with Gasteiger partial charge in [0.1, 0.15) is 12.7 Å². The Morgan fingerprint density at radius 2 is 2.12 bits per heavy atom. The van der Waals surface area contributed by atoms with Gasteiger partial charge in [-0.15, -0.1) is 0 Å². The number of rotatable bonds is 11. The van der Waals surface area contributed by atoms with Crippen LogP contribution in [0.5, 0.6) is 0 Å². The van der Waals surface area contributed by atoms with E-state index in [0.717, 1.165) is 24.1 Å². The Bertz CT molecular complexity index is 628. The average molecular weight is 399 g/mol. The molecule has 0 heterocycles. The minimum absolute atomic E-state index is 0.186. The number of hydrogen-bond acceptors (Lipinski definition) is 4. The summed E-state index contributed by atoms with van der Waals surface area (Å²) in [5.74, 6) is 0.576. The van der Waals surface area contributed by atoms with E-state index in [-0.39, 0.29) is 6.61 Å². The molecule has 0 saturated heterocycles. The Hall–Kier alpha value is -1.07. The van der Waals surface area contributed by atoms with Gasteiger partial charge in [-0.2, -0.15) is 0 Å². The third-order valence-corrected chi connectivity index (χ3v) is 4.80. The largest absolute Gasteiger partial charge is 0.393 e. The number of aliphatic hydroxyl groups is 1. The Morgan fingerprint density at radius 3 is 2.77 bits per heavy atom. The van der Waals surface area contributed by atoms with E-state index >= 15 is 0 Å². The van der Waals surface area contributed by atoms with Crippen LogP contribution in [-0.2, 0) is 4.84 Å². The molecule has 1 aromatic rings. The summed E-state index contributed by atoms with van der Waals surface area (Å²) >= 11 is 12.0. The van der Waals surface area contributed by atoms with Crippen LogP contribution in [0.3, 0.4) is 0 Å². The molecule has 1 aliphatic rings. The van der Waals surface area contributed by atoms with Crippen molar-refractivity contribution in [3.63, 3.8) is 0 Å². The lowest BCUT2D eigenvalue weighted by molar-refractivity contribution is 0.0400. The second-order valence-electron chi connectivity index (χ2n) is 7.15. The fourth-order valence-electron chi connectivity index (χ4n) is 2.26. The van der Waals surface area contributed by atoms with Gasteiger partial charge >= 0.3 is 0 Å². The fourth-order valence-corrected chi connectivity index (χ4v) is 2.57. The minimum atomic E-state index is -0.551. The molecule has 144 valence electrons. The lowest BCUT2D eigenvalue weighted by Crippen LogP contribution is -2.31. The molecule has 0 unspecified atom stereocenters. The maximum Gasteiger partial charge on any atom is 0.144 e. The van der Waals surface area contributed by atoms with E-state index in [9.17, 15) is 5.11 Å². The first kappa shape index (κ1) is 21.2. The molecule has 1 atom stereocenters. The van der Waals surface area contributed by atoms with Crippen molar-refractivity contribution in [3.05, 3.63) is 39.9 Å². The molecule has 0 aromatic heterocycles. The van der Waals surface area contributed by atoms with E-state index in [2.05, 4.69) is 24.3 Å². The molecule has 4 nitrogen and oxygen atoms in total. The summed E-state index contributed by atoms with van der Waals surface area (Å²) in [6.07, 6.45) is 7.54. The summed E-state index contributed by atoms with van der Waals surface area (Å²) in [7, 11) is 0. The number of nitrogens with one attached hydrogen (secondary N) is 1. The van der Waals surface area contributed by atoms with Gasteiger partial charge in [-0.3, -0.25) is 0 Å². The van der Waals surface area contributed by atoms with Gasteiger partial charge in [0.15, 0.2) is 0 Å². The van der Waals surface area contributed by atoms with Gasteiger partial charge in [0.25, 0.3) is 0 Å². The first-order valence-electron chi connectivity index (χ1n) is 9.17. The van der Waals surface area contributed by atoms with Crippen LogP contribution < -0.4 is 5.32 Å². The van der Waals surface area contributed by atoms with Gasteiger partial charge in [0.05, 0.1) is 15.8 Å². The van der Waals surface area contributed by atoms with Crippen molar-refractivity contribution in [2.24, 2.45) is 11.1 Å². The molecule has 0 radical (unpaired) electrons. The molecule has 0 spiro atoms. The van der Waals surface area contributed by atoms with Gasteiger partial charge in [-0.05, 0) is 55.4 Å². The van der Waals surface area contributed by atoms with Crippen LogP contribution in [-0.4, -0.2) is 36.1 Å². The number of benzene rings is 1. The Kier molecular flexibility index (Phi) is 8.93. The van der Waals surface area contributed by atoms with E-state index in [1.165, 1.54) is 12.8 Å². The molecule has 0 bridgehead atoms. The molecular weight excluding hydrogens is 371 g/mol. The van der Waals surface area contributed by atoms with Crippen molar-refractivity contribution in [1.82, 2.24) is 5.32 Å². The van der Waals surface area contributed by atoms with Gasteiger partial charge in [0.2, 0.25) is 0 Å². The first-order chi connectivity index (χ1) is 12.4. The molecule has 1 fully saturated rings. The summed E-state index contributed by atoms with van der Waals surface area (Å²) in [6, 6.07) is 6.06. The highest BCUT2D eigenvalue weighted by Crippen LogP contribution is 2.23. The highest BCUT2D eigenvalue weighted by Gasteiger charge is 2.21. The third kappa shape index (κ3) is 8.54. The highest BCUT2D eigenvalue weighted by atomic mass is 35.5. The predicted octanol–water partition coefficient (Wildman–Crippen LogP) is 4.93. The fraction of sp³-hybridized carbons (Fsp3) is 0.550. The van der Waals surface area contributed by atoms with Crippen LogP contribution in [0.4, 0.5) is 0 Å². The van der Waals surface area contributed by atoms with E-state index in [0.29, 0.717) is 28.5 Å². The Labute approximate surface area is 166 Å². The van der Waals surface area contributed by atoms with Gasteiger partial charge < -0.3 is 15.3 Å². The molecule has 1 aliphatic carbocycles. The van der Waals surface area contributed by atoms with Crippen molar-refractivity contribution in [2.75, 3.05) is 13.2 Å². The number of aliphatic hydroxyl groups excluding tert-OH is 1. The SMILES string of the molecule is CC(C)CCC(/C=C/c1ccc(Cl)c(Cl)c1)=N\OC[C@H](O)CNC1CC1. The molecule has 2 rings (SSSR count). The highest BCUT2D eigenvalue weighted by molar-refractivity contribution is 6.42. The van der Waals surface area contributed by atoms with Crippen molar-refractivity contribution < 1.29 is 9.94 Å². The molecule has 0 amide bonds. The maximum atomic E-state index is 9.92. The number of oxime groups is 1. The smallest absolute Gasteiger partial charge is 0.144 e. The van der Waals surface area contributed by atoms with Crippen LogP contribution in [0.2, 0.25) is 10.0 Å². The molecule has 1 aromatic carbocycles. The molecule has 2 N–H and O–H groups in total. The molecule has 6 heteroatoms. The summed E-state index contributed by atoms with van der Waals surface area (Å²) in [5, 5.41) is 18.5. The van der Waals surface area contributed by atoms with Gasteiger partial charge in [-0.1, -0.05) is 54.3 Å². The molecule has 1 saturated carbocycles. The molecule has 0 aliphatic heterocycles. The molecule has 26 heavy (non-hydrogen) atoms. The zero-order valence-corrected chi connectivity index (χ0v) is 16.9. The monoisotopic (exact) mass is 398 g/mol. The second kappa shape index (κ2) is 10.9. The first-order valence-corrected chi connectivity index (χ1v) is 9.93. The van der Waals surface area contributed by atoms with Gasteiger partial charge in [0, 0.05) is 12.6 Å². The topological polar surface area (TPSA) is 53.9 Å². The van der Waals surface area contributed by atoms with Crippen LogP contribution in [0.25, 0.3) is 6.08 Å². The standard InChI is InChI=1S/C20H28Cl2N2O2/c1-14(2)3-6-17(7-4-15-5-10-19(21)20(22)11-15)24-26-13-18(25)12-23-16-8-9-16/h4-5,7,10-11,14,16,18,23,25H,3,6,8-9,12-13H2,1-2H3/b7-4+,24-17+/t18-/m1/s1. The number of hydrogen-bond donors (Lipinski definition) is 2. The normalized spacial score (nSPS) is 16.5. The van der Waals surface area contributed by atoms with Crippen LogP contribution in [0.15, 0.2) is 29.4 Å². The second-order valence-corrected chi connectivity index (χ2v) is 7.97. The Morgan fingerprint density at radius 1 is 1.35 bits per heavy atom. The van der Waals surface area contributed by atoms with Crippen LogP contribution in [0, 0.1) is 5.92 Å². The lowest BCUT2D eigenvalue weighted by Gasteiger charge is -2.11. The van der Waals surface area contributed by atoms with Crippen LogP contribution >= 0.6 is 23.2 Å². The predicted molar refractivity (Wildman–Crippen MR) is 110 cm³/mol. The number of halogens is 2. The molecular formula is C20H28Cl2N2O2. The summed E-state index contributed by atoms with van der Waals surface area (Å²) in [6.45, 7) is 5.08. The Balaban J connectivity index is 1.89.